The molecule has 0 N–H and O–H groups in total. The Balaban J connectivity index is 2.30. The molecule has 4 nitrogen and oxygen atoms in total. The second-order valence-electron chi connectivity index (χ2n) is 11.7. The fraction of sp³-hybridized carbons (Fsp3) is 0.625. The van der Waals surface area contributed by atoms with Gasteiger partial charge < -0.3 is 18.9 Å². The van der Waals surface area contributed by atoms with E-state index in [1.54, 1.807) is 28.4 Å². The summed E-state index contributed by atoms with van der Waals surface area (Å²) in [4.78, 5) is 0. The third kappa shape index (κ3) is 2.88. The molecule has 4 atom stereocenters. The van der Waals surface area contributed by atoms with Crippen molar-refractivity contribution in [1.82, 2.24) is 0 Å². The first kappa shape index (κ1) is 26.7. The van der Waals surface area contributed by atoms with Gasteiger partial charge in [0.1, 0.15) is 0 Å². The zero-order valence-electron chi connectivity index (χ0n) is 24.8. The van der Waals surface area contributed by atoms with Crippen molar-refractivity contribution in [2.45, 2.75) is 97.8 Å². The van der Waals surface area contributed by atoms with Gasteiger partial charge in [-0.1, -0.05) is 34.6 Å². The molecule has 0 heterocycles. The van der Waals surface area contributed by atoms with Gasteiger partial charge in [0.25, 0.3) is 0 Å². The summed E-state index contributed by atoms with van der Waals surface area (Å²) in [6.45, 7) is 21.0. The van der Waals surface area contributed by atoms with Gasteiger partial charge >= 0.3 is 0 Å². The molecule has 0 aromatic heterocycles. The number of ether oxygens (including phenoxy) is 4. The maximum absolute atomic E-state index is 6.04. The van der Waals surface area contributed by atoms with Gasteiger partial charge in [-0.3, -0.25) is 0 Å². The third-order valence-electron chi connectivity index (χ3n) is 10.5. The summed E-state index contributed by atoms with van der Waals surface area (Å²) >= 11 is 0. The molecule has 2 aromatic carbocycles. The van der Waals surface area contributed by atoms with Crippen molar-refractivity contribution in [3.63, 3.8) is 0 Å². The number of rotatable bonds is 6. The lowest BCUT2D eigenvalue weighted by atomic mass is 9.62. The minimum absolute atomic E-state index is 0.00645. The van der Waals surface area contributed by atoms with Gasteiger partial charge in [0, 0.05) is 5.41 Å². The van der Waals surface area contributed by atoms with Crippen LogP contribution >= 0.6 is 0 Å². The fourth-order valence-corrected chi connectivity index (χ4v) is 8.59. The predicted molar refractivity (Wildman–Crippen MR) is 148 cm³/mol. The maximum atomic E-state index is 6.04. The molecule has 4 heteroatoms. The average molecular weight is 495 g/mol. The van der Waals surface area contributed by atoms with Crippen molar-refractivity contribution < 1.29 is 18.9 Å². The van der Waals surface area contributed by atoms with E-state index in [-0.39, 0.29) is 16.2 Å². The Morgan fingerprint density at radius 2 is 0.972 bits per heavy atom. The summed E-state index contributed by atoms with van der Waals surface area (Å²) in [5.41, 5.74) is 10.5. The summed E-state index contributed by atoms with van der Waals surface area (Å²) in [6, 6.07) is 0. The number of benzene rings is 2. The van der Waals surface area contributed by atoms with Crippen LogP contribution in [0.3, 0.4) is 0 Å². The van der Waals surface area contributed by atoms with Crippen LogP contribution < -0.4 is 18.9 Å². The van der Waals surface area contributed by atoms with Gasteiger partial charge in [-0.25, -0.2) is 0 Å². The van der Waals surface area contributed by atoms with Crippen LogP contribution in [-0.4, -0.2) is 28.4 Å². The summed E-state index contributed by atoms with van der Waals surface area (Å²) < 4.78 is 24.0. The largest absolute Gasteiger partial charge is 0.493 e. The normalized spacial score (nSPS) is 28.3. The van der Waals surface area contributed by atoms with Crippen molar-refractivity contribution in [3.8, 4) is 23.0 Å². The monoisotopic (exact) mass is 494 g/mol. The fourth-order valence-electron chi connectivity index (χ4n) is 8.59. The van der Waals surface area contributed by atoms with E-state index in [4.69, 9.17) is 18.9 Å². The standard InChI is InChI=1S/C32H46O4/c1-14-30(8)16-32(24-19(5)28(35-12)26(33-10)17(3)22(24)30)21(7)31(9,15-2)23-18(4)27(34-11)29(36-13)20(6)25(23)32/h21H,14-16H2,1-13H3. The second kappa shape index (κ2) is 8.60. The molecule has 2 aliphatic rings. The zero-order chi connectivity index (χ0) is 27.0. The minimum atomic E-state index is -0.164. The van der Waals surface area contributed by atoms with E-state index in [0.717, 1.165) is 42.3 Å². The molecule has 1 spiro atoms. The number of hydrogen-bond donors (Lipinski definition) is 0. The molecule has 4 rings (SSSR count). The van der Waals surface area contributed by atoms with Gasteiger partial charge in [0.05, 0.1) is 28.4 Å². The van der Waals surface area contributed by atoms with Crippen LogP contribution in [0.5, 0.6) is 23.0 Å². The molecule has 0 aliphatic heterocycles. The van der Waals surface area contributed by atoms with Crippen molar-refractivity contribution in [3.05, 3.63) is 44.5 Å². The smallest absolute Gasteiger partial charge is 0.164 e. The Morgan fingerprint density at radius 3 is 1.33 bits per heavy atom. The molecule has 0 fully saturated rings. The lowest BCUT2D eigenvalue weighted by Gasteiger charge is -2.40. The third-order valence-corrected chi connectivity index (χ3v) is 10.5. The van der Waals surface area contributed by atoms with E-state index in [9.17, 15) is 0 Å². The van der Waals surface area contributed by atoms with Crippen molar-refractivity contribution in [2.75, 3.05) is 28.4 Å². The van der Waals surface area contributed by atoms with E-state index >= 15 is 0 Å². The molecule has 36 heavy (non-hydrogen) atoms. The molecule has 0 bridgehead atoms. The highest BCUT2D eigenvalue weighted by atomic mass is 16.5. The van der Waals surface area contributed by atoms with E-state index < -0.39 is 0 Å². The van der Waals surface area contributed by atoms with E-state index in [0.29, 0.717) is 5.92 Å². The van der Waals surface area contributed by atoms with Crippen LogP contribution in [0.15, 0.2) is 0 Å². The molecule has 198 valence electrons. The van der Waals surface area contributed by atoms with Crippen molar-refractivity contribution in [1.29, 1.82) is 0 Å². The first-order valence-corrected chi connectivity index (χ1v) is 13.4. The summed E-state index contributed by atoms with van der Waals surface area (Å²) in [5.74, 6) is 3.84. The molecular weight excluding hydrogens is 448 g/mol. The number of methoxy groups -OCH3 is 4. The highest BCUT2D eigenvalue weighted by Crippen LogP contribution is 2.71. The van der Waals surface area contributed by atoms with Crippen LogP contribution in [0, 0.1) is 33.6 Å². The highest BCUT2D eigenvalue weighted by Gasteiger charge is 2.64. The topological polar surface area (TPSA) is 36.9 Å². The molecule has 0 amide bonds. The molecule has 2 aromatic rings. The Bertz CT molecular complexity index is 1200. The molecule has 0 saturated heterocycles. The Labute approximate surface area is 218 Å². The SMILES string of the molecule is CCC1(C)CC2(c3c(C)c(OC)c(OC)c(C)c31)c1c(C)c(OC)c(OC)c(C)c1C(C)(CC)C2C. The van der Waals surface area contributed by atoms with Crippen LogP contribution in [0.25, 0.3) is 0 Å². The zero-order valence-corrected chi connectivity index (χ0v) is 24.8. The molecule has 4 unspecified atom stereocenters. The average Bonchev–Trinajstić information content (AvgIpc) is 3.26. The van der Waals surface area contributed by atoms with E-state index in [1.165, 1.54) is 44.5 Å². The quantitative estimate of drug-likeness (QED) is 0.414. The summed E-state index contributed by atoms with van der Waals surface area (Å²) in [6.07, 6.45) is 3.18. The number of hydrogen-bond acceptors (Lipinski definition) is 4. The molecule has 0 radical (unpaired) electrons. The first-order valence-electron chi connectivity index (χ1n) is 13.4. The molecule has 2 aliphatic carbocycles. The summed E-state index contributed by atoms with van der Waals surface area (Å²) in [7, 11) is 7.06. The Kier molecular flexibility index (Phi) is 6.38. The molecular formula is C32H46O4. The maximum Gasteiger partial charge on any atom is 0.164 e. The van der Waals surface area contributed by atoms with Crippen molar-refractivity contribution >= 4 is 0 Å². The Morgan fingerprint density at radius 1 is 0.611 bits per heavy atom. The van der Waals surface area contributed by atoms with Crippen molar-refractivity contribution in [2.24, 2.45) is 5.92 Å². The van der Waals surface area contributed by atoms with Gasteiger partial charge in [0.15, 0.2) is 23.0 Å². The number of fused-ring (bicyclic) bond motifs is 4. The van der Waals surface area contributed by atoms with Crippen LogP contribution in [-0.2, 0) is 16.2 Å². The van der Waals surface area contributed by atoms with Crippen LogP contribution in [0.1, 0.15) is 98.4 Å². The molecule has 0 saturated carbocycles. The van der Waals surface area contributed by atoms with Crippen LogP contribution in [0.2, 0.25) is 0 Å². The highest BCUT2D eigenvalue weighted by molar-refractivity contribution is 5.75. The van der Waals surface area contributed by atoms with E-state index in [1.807, 2.05) is 0 Å². The first-order chi connectivity index (χ1) is 16.9. The minimum Gasteiger partial charge on any atom is -0.493 e. The lowest BCUT2D eigenvalue weighted by molar-refractivity contribution is 0.214. The summed E-state index contributed by atoms with van der Waals surface area (Å²) in [5, 5.41) is 0. The van der Waals surface area contributed by atoms with Gasteiger partial charge in [-0.15, -0.1) is 0 Å². The lowest BCUT2D eigenvalue weighted by Crippen LogP contribution is -2.38. The second-order valence-corrected chi connectivity index (χ2v) is 11.7. The van der Waals surface area contributed by atoms with E-state index in [2.05, 4.69) is 62.3 Å². The van der Waals surface area contributed by atoms with Gasteiger partial charge in [-0.2, -0.15) is 0 Å². The Hall–Kier alpha value is -2.36. The predicted octanol–water partition coefficient (Wildman–Crippen LogP) is 7.63. The van der Waals surface area contributed by atoms with Crippen LogP contribution in [0.4, 0.5) is 0 Å². The van der Waals surface area contributed by atoms with Gasteiger partial charge in [0.2, 0.25) is 0 Å². The van der Waals surface area contributed by atoms with Gasteiger partial charge in [-0.05, 0) is 108 Å².